The summed E-state index contributed by atoms with van der Waals surface area (Å²) >= 11 is 0. The first-order valence-corrected chi connectivity index (χ1v) is 4.92. The summed E-state index contributed by atoms with van der Waals surface area (Å²) < 4.78 is 0. The maximum atomic E-state index is 4.14. The highest BCUT2D eigenvalue weighted by atomic mass is 15.1. The van der Waals surface area contributed by atoms with Gasteiger partial charge in [-0.05, 0) is 20.5 Å². The second-order valence-electron chi connectivity index (χ2n) is 3.48. The van der Waals surface area contributed by atoms with E-state index in [9.17, 15) is 0 Å². The zero-order chi connectivity index (χ0) is 10.4. The van der Waals surface area contributed by atoms with E-state index in [0.29, 0.717) is 0 Å². The number of aryl methyl sites for hydroxylation is 1. The molecule has 0 saturated carbocycles. The molecule has 0 amide bonds. The molecule has 78 valence electrons. The van der Waals surface area contributed by atoms with E-state index in [1.165, 1.54) is 0 Å². The van der Waals surface area contributed by atoms with E-state index in [1.54, 1.807) is 6.33 Å². The van der Waals surface area contributed by atoms with E-state index in [0.717, 1.165) is 31.0 Å². The minimum absolute atomic E-state index is 0.910. The van der Waals surface area contributed by atoms with Crippen LogP contribution in [0.15, 0.2) is 12.4 Å². The van der Waals surface area contributed by atoms with Gasteiger partial charge in [0.25, 0.3) is 0 Å². The van der Waals surface area contributed by atoms with Gasteiger partial charge in [-0.3, -0.25) is 0 Å². The van der Waals surface area contributed by atoms with E-state index < -0.39 is 0 Å². The molecule has 0 aliphatic carbocycles. The zero-order valence-corrected chi connectivity index (χ0v) is 9.12. The molecule has 0 radical (unpaired) electrons. The van der Waals surface area contributed by atoms with E-state index in [2.05, 4.69) is 41.2 Å². The van der Waals surface area contributed by atoms with Crippen LogP contribution in [0.25, 0.3) is 0 Å². The summed E-state index contributed by atoms with van der Waals surface area (Å²) in [5.74, 6) is 0.915. The first kappa shape index (κ1) is 10.9. The van der Waals surface area contributed by atoms with Crippen LogP contribution >= 0.6 is 0 Å². The minimum Gasteiger partial charge on any atom is -0.369 e. The van der Waals surface area contributed by atoms with Gasteiger partial charge in [0.15, 0.2) is 0 Å². The van der Waals surface area contributed by atoms with Crippen molar-refractivity contribution in [2.75, 3.05) is 32.5 Å². The first-order valence-electron chi connectivity index (χ1n) is 4.92. The van der Waals surface area contributed by atoms with Gasteiger partial charge in [0, 0.05) is 24.8 Å². The molecule has 1 heterocycles. The normalized spacial score (nSPS) is 10.6. The summed E-state index contributed by atoms with van der Waals surface area (Å²) in [5.41, 5.74) is 1.08. The highest BCUT2D eigenvalue weighted by Crippen LogP contribution is 2.03. The number of rotatable bonds is 5. The third-order valence-corrected chi connectivity index (χ3v) is 1.95. The number of hydrogen-bond donors (Lipinski definition) is 1. The molecule has 4 heteroatoms. The topological polar surface area (TPSA) is 41.0 Å². The molecule has 1 N–H and O–H groups in total. The molecule has 0 atom stereocenters. The lowest BCUT2D eigenvalue weighted by Gasteiger charge is -2.10. The molecule has 0 fully saturated rings. The summed E-state index contributed by atoms with van der Waals surface area (Å²) in [6.45, 7) is 4.00. The van der Waals surface area contributed by atoms with E-state index >= 15 is 0 Å². The summed E-state index contributed by atoms with van der Waals surface area (Å²) in [7, 11) is 4.11. The lowest BCUT2D eigenvalue weighted by atomic mass is 10.3. The standard InChI is InChI=1S/C10H18N4/c1-4-9-7-10(13-8-12-9)11-5-6-14(2)3/h7-8H,4-6H2,1-3H3,(H,11,12,13). The average Bonchev–Trinajstić information content (AvgIpc) is 2.18. The van der Waals surface area contributed by atoms with Gasteiger partial charge in [0.2, 0.25) is 0 Å². The fourth-order valence-electron chi connectivity index (χ4n) is 1.10. The molecule has 1 aromatic rings. The molecular formula is C10H18N4. The van der Waals surface area contributed by atoms with Crippen molar-refractivity contribution in [3.8, 4) is 0 Å². The minimum atomic E-state index is 0.910. The van der Waals surface area contributed by atoms with Gasteiger partial charge in [-0.2, -0.15) is 0 Å². The fraction of sp³-hybridized carbons (Fsp3) is 0.600. The molecule has 0 aliphatic heterocycles. The monoisotopic (exact) mass is 194 g/mol. The second kappa shape index (κ2) is 5.54. The van der Waals surface area contributed by atoms with Gasteiger partial charge in [-0.15, -0.1) is 0 Å². The lowest BCUT2D eigenvalue weighted by Crippen LogP contribution is -2.21. The average molecular weight is 194 g/mol. The number of hydrogen-bond acceptors (Lipinski definition) is 4. The maximum absolute atomic E-state index is 4.14. The molecule has 0 aromatic carbocycles. The number of anilines is 1. The molecule has 14 heavy (non-hydrogen) atoms. The molecule has 0 bridgehead atoms. The van der Waals surface area contributed by atoms with Crippen molar-refractivity contribution < 1.29 is 0 Å². The SMILES string of the molecule is CCc1cc(NCCN(C)C)ncn1. The van der Waals surface area contributed by atoms with Gasteiger partial charge in [-0.1, -0.05) is 6.92 Å². The van der Waals surface area contributed by atoms with Crippen LogP contribution in [-0.4, -0.2) is 42.1 Å². The van der Waals surface area contributed by atoms with Crippen LogP contribution < -0.4 is 5.32 Å². The molecule has 0 aliphatic rings. The Morgan fingerprint density at radius 2 is 2.14 bits per heavy atom. The van der Waals surface area contributed by atoms with Crippen LogP contribution in [0.1, 0.15) is 12.6 Å². The summed E-state index contributed by atoms with van der Waals surface area (Å²) in [6, 6.07) is 2.00. The van der Waals surface area contributed by atoms with Crippen LogP contribution in [0.2, 0.25) is 0 Å². The van der Waals surface area contributed by atoms with Crippen molar-refractivity contribution in [2.45, 2.75) is 13.3 Å². The van der Waals surface area contributed by atoms with Crippen molar-refractivity contribution in [1.82, 2.24) is 14.9 Å². The Bertz CT molecular complexity index is 273. The molecule has 1 rings (SSSR count). The van der Waals surface area contributed by atoms with E-state index in [1.807, 2.05) is 6.07 Å². The molecule has 1 aromatic heterocycles. The lowest BCUT2D eigenvalue weighted by molar-refractivity contribution is 0.425. The van der Waals surface area contributed by atoms with Gasteiger partial charge in [-0.25, -0.2) is 9.97 Å². The Hall–Kier alpha value is -1.16. The first-order chi connectivity index (χ1) is 6.72. The van der Waals surface area contributed by atoms with Crippen LogP contribution in [-0.2, 0) is 6.42 Å². The molecule has 4 nitrogen and oxygen atoms in total. The fourth-order valence-corrected chi connectivity index (χ4v) is 1.10. The Morgan fingerprint density at radius 3 is 2.79 bits per heavy atom. The summed E-state index contributed by atoms with van der Waals surface area (Å²) in [4.78, 5) is 10.4. The van der Waals surface area contributed by atoms with Gasteiger partial charge < -0.3 is 10.2 Å². The number of likely N-dealkylation sites (N-methyl/N-ethyl adjacent to an activating group) is 1. The number of nitrogens with one attached hydrogen (secondary N) is 1. The molecule has 0 spiro atoms. The predicted molar refractivity (Wildman–Crippen MR) is 58.5 cm³/mol. The molecule has 0 saturated heterocycles. The largest absolute Gasteiger partial charge is 0.369 e. The van der Waals surface area contributed by atoms with Crippen LogP contribution in [0, 0.1) is 0 Å². The van der Waals surface area contributed by atoms with Crippen molar-refractivity contribution in [3.05, 3.63) is 18.1 Å². The maximum Gasteiger partial charge on any atom is 0.129 e. The predicted octanol–water partition coefficient (Wildman–Crippen LogP) is 1.01. The second-order valence-corrected chi connectivity index (χ2v) is 3.48. The number of aromatic nitrogens is 2. The smallest absolute Gasteiger partial charge is 0.129 e. The summed E-state index contributed by atoms with van der Waals surface area (Å²) in [6.07, 6.45) is 2.56. The third-order valence-electron chi connectivity index (χ3n) is 1.95. The highest BCUT2D eigenvalue weighted by Gasteiger charge is 1.96. The molecular weight excluding hydrogens is 176 g/mol. The Labute approximate surface area is 85.4 Å². The third kappa shape index (κ3) is 3.70. The van der Waals surface area contributed by atoms with E-state index in [4.69, 9.17) is 0 Å². The Kier molecular flexibility index (Phi) is 4.32. The van der Waals surface area contributed by atoms with Crippen molar-refractivity contribution >= 4 is 5.82 Å². The summed E-state index contributed by atoms with van der Waals surface area (Å²) in [5, 5.41) is 3.26. The molecule has 0 unspecified atom stereocenters. The van der Waals surface area contributed by atoms with E-state index in [-0.39, 0.29) is 0 Å². The highest BCUT2D eigenvalue weighted by molar-refractivity contribution is 5.34. The van der Waals surface area contributed by atoms with Gasteiger partial charge in [0.1, 0.15) is 12.1 Å². The van der Waals surface area contributed by atoms with Crippen LogP contribution in [0.4, 0.5) is 5.82 Å². The Morgan fingerprint density at radius 1 is 1.36 bits per heavy atom. The van der Waals surface area contributed by atoms with Crippen molar-refractivity contribution in [3.63, 3.8) is 0 Å². The zero-order valence-electron chi connectivity index (χ0n) is 9.12. The number of nitrogens with zero attached hydrogens (tertiary/aromatic N) is 3. The Balaban J connectivity index is 2.42. The van der Waals surface area contributed by atoms with Crippen molar-refractivity contribution in [1.29, 1.82) is 0 Å². The van der Waals surface area contributed by atoms with Crippen LogP contribution in [0.3, 0.4) is 0 Å². The van der Waals surface area contributed by atoms with Crippen LogP contribution in [0.5, 0.6) is 0 Å². The van der Waals surface area contributed by atoms with Gasteiger partial charge >= 0.3 is 0 Å². The van der Waals surface area contributed by atoms with Crippen molar-refractivity contribution in [2.24, 2.45) is 0 Å². The van der Waals surface area contributed by atoms with Gasteiger partial charge in [0.05, 0.1) is 0 Å². The quantitative estimate of drug-likeness (QED) is 0.759.